The van der Waals surface area contributed by atoms with Crippen LogP contribution in [0.2, 0.25) is 0 Å². The lowest BCUT2D eigenvalue weighted by molar-refractivity contribution is -0.129. The van der Waals surface area contributed by atoms with E-state index >= 15 is 0 Å². The van der Waals surface area contributed by atoms with Gasteiger partial charge < -0.3 is 10.1 Å². The highest BCUT2D eigenvalue weighted by Gasteiger charge is 2.23. The van der Waals surface area contributed by atoms with Gasteiger partial charge in [0.25, 0.3) is 5.91 Å². The van der Waals surface area contributed by atoms with Crippen molar-refractivity contribution in [2.45, 2.75) is 59.1 Å². The predicted molar refractivity (Wildman–Crippen MR) is 120 cm³/mol. The molecule has 0 saturated heterocycles. The number of carbonyl (C=O) groups excluding carboxylic acids is 2. The van der Waals surface area contributed by atoms with Crippen molar-refractivity contribution in [3.63, 3.8) is 0 Å². The molecule has 31 heavy (non-hydrogen) atoms. The number of nitrogens with one attached hydrogen (secondary N) is 1. The molecule has 2 heterocycles. The van der Waals surface area contributed by atoms with Crippen molar-refractivity contribution in [2.24, 2.45) is 0 Å². The Balaban J connectivity index is 1.72. The van der Waals surface area contributed by atoms with E-state index in [9.17, 15) is 9.59 Å². The molecule has 0 fully saturated rings. The molecule has 1 atom stereocenters. The maximum Gasteiger partial charge on any atom is 0.339 e. The highest BCUT2D eigenvalue weighted by Crippen LogP contribution is 2.25. The smallest absolute Gasteiger partial charge is 0.339 e. The van der Waals surface area contributed by atoms with Crippen LogP contribution in [0, 0.1) is 0 Å². The Bertz CT molecular complexity index is 1060. The van der Waals surface area contributed by atoms with E-state index in [1.54, 1.807) is 23.9 Å². The van der Waals surface area contributed by atoms with Crippen molar-refractivity contribution >= 4 is 22.9 Å². The van der Waals surface area contributed by atoms with E-state index < -0.39 is 12.1 Å². The van der Waals surface area contributed by atoms with E-state index in [0.29, 0.717) is 29.6 Å². The molecule has 3 aromatic rings. The molecule has 164 valence electrons. The summed E-state index contributed by atoms with van der Waals surface area (Å²) in [4.78, 5) is 30.1. The molecule has 1 amide bonds. The molecule has 0 radical (unpaired) electrons. The number of hydrogen-bond donors (Lipinski definition) is 1. The van der Waals surface area contributed by atoms with Crippen LogP contribution in [-0.4, -0.2) is 39.3 Å². The molecule has 0 spiro atoms. The standard InChI is InChI=1S/C24H30N4O3/c1-15(2)21-13-19(20-14-26-28(16(3)4)22(20)27-21)24(30)31-17(5)23(29)25-12-11-18-9-7-6-8-10-18/h6-10,13-17H,11-12H2,1-5H3,(H,25,29)/t17-/m1/s1. The molecule has 1 N–H and O–H groups in total. The lowest BCUT2D eigenvalue weighted by Gasteiger charge is -2.15. The van der Waals surface area contributed by atoms with Gasteiger partial charge in [-0.25, -0.2) is 14.5 Å². The Kier molecular flexibility index (Phi) is 7.05. The van der Waals surface area contributed by atoms with Crippen molar-refractivity contribution < 1.29 is 14.3 Å². The molecule has 0 aliphatic carbocycles. The molecule has 1 aromatic carbocycles. The normalized spacial score (nSPS) is 12.4. The Hall–Kier alpha value is -3.22. The van der Waals surface area contributed by atoms with Crippen molar-refractivity contribution in [1.29, 1.82) is 0 Å². The van der Waals surface area contributed by atoms with Crippen LogP contribution >= 0.6 is 0 Å². The number of rotatable bonds is 8. The third-order valence-corrected chi connectivity index (χ3v) is 5.10. The lowest BCUT2D eigenvalue weighted by atomic mass is 10.1. The first-order chi connectivity index (χ1) is 14.8. The number of fused-ring (bicyclic) bond motifs is 1. The third kappa shape index (κ3) is 5.29. The Morgan fingerprint density at radius 2 is 1.81 bits per heavy atom. The van der Waals surface area contributed by atoms with Gasteiger partial charge >= 0.3 is 5.97 Å². The van der Waals surface area contributed by atoms with Gasteiger partial charge in [0.2, 0.25) is 0 Å². The van der Waals surface area contributed by atoms with E-state index in [-0.39, 0.29) is 17.9 Å². The summed E-state index contributed by atoms with van der Waals surface area (Å²) in [5.41, 5.74) is 2.94. The van der Waals surface area contributed by atoms with Crippen molar-refractivity contribution in [1.82, 2.24) is 20.1 Å². The van der Waals surface area contributed by atoms with E-state index in [1.807, 2.05) is 58.0 Å². The molecule has 7 heteroatoms. The monoisotopic (exact) mass is 422 g/mol. The SMILES string of the molecule is CC(C)c1cc(C(=O)O[C@H](C)C(=O)NCCc2ccccc2)c2cnn(C(C)C)c2n1. The second-order valence-corrected chi connectivity index (χ2v) is 8.24. The van der Waals surface area contributed by atoms with E-state index in [4.69, 9.17) is 9.72 Å². The number of nitrogens with zero attached hydrogens (tertiary/aromatic N) is 3. The second-order valence-electron chi connectivity index (χ2n) is 8.24. The summed E-state index contributed by atoms with van der Waals surface area (Å²) in [6, 6.07) is 11.7. The van der Waals surface area contributed by atoms with Crippen molar-refractivity contribution in [2.75, 3.05) is 6.54 Å². The first kappa shape index (κ1) is 22.5. The van der Waals surface area contributed by atoms with Gasteiger partial charge in [-0.15, -0.1) is 0 Å². The fourth-order valence-electron chi connectivity index (χ4n) is 3.28. The fraction of sp³-hybridized carbons (Fsp3) is 0.417. The van der Waals surface area contributed by atoms with Crippen LogP contribution in [0.15, 0.2) is 42.6 Å². The summed E-state index contributed by atoms with van der Waals surface area (Å²) in [7, 11) is 0. The van der Waals surface area contributed by atoms with E-state index in [2.05, 4.69) is 10.4 Å². The minimum Gasteiger partial charge on any atom is -0.449 e. The molecule has 0 unspecified atom stereocenters. The summed E-state index contributed by atoms with van der Waals surface area (Å²) >= 11 is 0. The zero-order chi connectivity index (χ0) is 22.5. The largest absolute Gasteiger partial charge is 0.449 e. The molecule has 2 aromatic heterocycles. The van der Waals surface area contributed by atoms with Gasteiger partial charge in [0.05, 0.1) is 17.1 Å². The number of amides is 1. The number of hydrogen-bond acceptors (Lipinski definition) is 5. The zero-order valence-electron chi connectivity index (χ0n) is 18.8. The van der Waals surface area contributed by atoms with Crippen molar-refractivity contribution in [3.8, 4) is 0 Å². The van der Waals surface area contributed by atoms with Gasteiger partial charge in [0.1, 0.15) is 0 Å². The maximum absolute atomic E-state index is 13.0. The number of esters is 1. The number of pyridine rings is 1. The minimum atomic E-state index is -0.908. The summed E-state index contributed by atoms with van der Waals surface area (Å²) < 4.78 is 7.29. The minimum absolute atomic E-state index is 0.102. The molecule has 0 saturated carbocycles. The predicted octanol–water partition coefficient (Wildman–Crippen LogP) is 4.04. The topological polar surface area (TPSA) is 86.1 Å². The van der Waals surface area contributed by atoms with Crippen molar-refractivity contribution in [3.05, 3.63) is 59.4 Å². The van der Waals surface area contributed by atoms with Gasteiger partial charge in [0.15, 0.2) is 11.8 Å². The molecular formula is C24H30N4O3. The number of benzene rings is 1. The average Bonchev–Trinajstić information content (AvgIpc) is 3.17. The fourth-order valence-corrected chi connectivity index (χ4v) is 3.28. The Morgan fingerprint density at radius 1 is 1.10 bits per heavy atom. The Morgan fingerprint density at radius 3 is 2.45 bits per heavy atom. The number of ether oxygens (including phenoxy) is 1. The molecule has 0 aliphatic heterocycles. The van der Waals surface area contributed by atoms with E-state index in [0.717, 1.165) is 11.3 Å². The quantitative estimate of drug-likeness (QED) is 0.554. The van der Waals surface area contributed by atoms with Gasteiger partial charge in [-0.2, -0.15) is 5.10 Å². The first-order valence-electron chi connectivity index (χ1n) is 10.7. The summed E-state index contributed by atoms with van der Waals surface area (Å²) in [6.07, 6.45) is 1.44. The summed E-state index contributed by atoms with van der Waals surface area (Å²) in [6.45, 7) is 10.1. The molecule has 7 nitrogen and oxygen atoms in total. The molecule has 0 aliphatic rings. The van der Waals surface area contributed by atoms with Crippen LogP contribution in [0.3, 0.4) is 0 Å². The zero-order valence-corrected chi connectivity index (χ0v) is 18.8. The third-order valence-electron chi connectivity index (χ3n) is 5.10. The molecule has 3 rings (SSSR count). The van der Waals surface area contributed by atoms with Crippen LogP contribution in [0.25, 0.3) is 11.0 Å². The summed E-state index contributed by atoms with van der Waals surface area (Å²) in [5.74, 6) is -0.745. The van der Waals surface area contributed by atoms with Crippen LogP contribution in [0.4, 0.5) is 0 Å². The van der Waals surface area contributed by atoms with E-state index in [1.165, 1.54) is 0 Å². The number of carbonyl (C=O) groups is 2. The van der Waals surface area contributed by atoms with Gasteiger partial charge in [-0.1, -0.05) is 44.2 Å². The molecule has 0 bridgehead atoms. The average molecular weight is 423 g/mol. The highest BCUT2D eigenvalue weighted by atomic mass is 16.5. The molecular weight excluding hydrogens is 392 g/mol. The maximum atomic E-state index is 13.0. The summed E-state index contributed by atoms with van der Waals surface area (Å²) in [5, 5.41) is 7.84. The lowest BCUT2D eigenvalue weighted by Crippen LogP contribution is -2.37. The van der Waals surface area contributed by atoms with Gasteiger partial charge in [-0.05, 0) is 44.7 Å². The van der Waals surface area contributed by atoms with Crippen LogP contribution in [0.5, 0.6) is 0 Å². The van der Waals surface area contributed by atoms with Crippen LogP contribution in [-0.2, 0) is 16.0 Å². The van der Waals surface area contributed by atoms with Crippen LogP contribution in [0.1, 0.15) is 68.2 Å². The second kappa shape index (κ2) is 9.73. The highest BCUT2D eigenvalue weighted by molar-refractivity contribution is 6.03. The van der Waals surface area contributed by atoms with Crippen LogP contribution < -0.4 is 5.32 Å². The van der Waals surface area contributed by atoms with Gasteiger partial charge in [0, 0.05) is 18.3 Å². The Labute approximate surface area is 182 Å². The first-order valence-corrected chi connectivity index (χ1v) is 10.7. The van der Waals surface area contributed by atoms with Gasteiger partial charge in [-0.3, -0.25) is 4.79 Å². The number of aromatic nitrogens is 3.